The molecule has 2 saturated heterocycles. The maximum Gasteiger partial charge on any atom is 0.159 e. The number of β-amino-alcohol motifs (C(OH)–C–C–N with tert-alkyl or cyclic N) is 1. The van der Waals surface area contributed by atoms with Crippen molar-refractivity contribution in [1.29, 1.82) is 0 Å². The van der Waals surface area contributed by atoms with Crippen molar-refractivity contribution in [2.45, 2.75) is 18.7 Å². The standard InChI is InChI=1S/C19H23ClN4O2/c20-16-3-1-15(2-4-16)19-21-9-14(10-22-19)11-23-12-17(18(25)13-23)24-5-7-26-8-6-24/h1-4,9-10,17-18,25H,5-8,11-13H2/t17-,18-/m0/s1. The molecule has 138 valence electrons. The van der Waals surface area contributed by atoms with Gasteiger partial charge in [0.15, 0.2) is 5.82 Å². The maximum absolute atomic E-state index is 10.4. The number of rotatable bonds is 4. The van der Waals surface area contributed by atoms with E-state index in [-0.39, 0.29) is 12.1 Å². The Morgan fingerprint density at radius 2 is 1.77 bits per heavy atom. The fourth-order valence-electron chi connectivity index (χ4n) is 3.69. The highest BCUT2D eigenvalue weighted by atomic mass is 35.5. The molecule has 0 aliphatic carbocycles. The summed E-state index contributed by atoms with van der Waals surface area (Å²) in [5.74, 6) is 0.693. The van der Waals surface area contributed by atoms with Crippen LogP contribution in [0.1, 0.15) is 5.56 Å². The van der Waals surface area contributed by atoms with Crippen LogP contribution < -0.4 is 0 Å². The minimum Gasteiger partial charge on any atom is -0.390 e. The van der Waals surface area contributed by atoms with Gasteiger partial charge in [-0.05, 0) is 24.3 Å². The first-order valence-corrected chi connectivity index (χ1v) is 9.36. The summed E-state index contributed by atoms with van der Waals surface area (Å²) in [4.78, 5) is 13.6. The van der Waals surface area contributed by atoms with Crippen molar-refractivity contribution in [3.63, 3.8) is 0 Å². The second-order valence-electron chi connectivity index (χ2n) is 6.90. The number of ether oxygens (including phenoxy) is 1. The summed E-state index contributed by atoms with van der Waals surface area (Å²) in [6.07, 6.45) is 3.42. The van der Waals surface area contributed by atoms with E-state index in [1.807, 2.05) is 36.7 Å². The van der Waals surface area contributed by atoms with Crippen LogP contribution >= 0.6 is 11.6 Å². The average molecular weight is 375 g/mol. The fraction of sp³-hybridized carbons (Fsp3) is 0.474. The minimum atomic E-state index is -0.317. The lowest BCUT2D eigenvalue weighted by molar-refractivity contribution is -0.00618. The molecule has 0 saturated carbocycles. The van der Waals surface area contributed by atoms with Crippen molar-refractivity contribution < 1.29 is 9.84 Å². The average Bonchev–Trinajstić information content (AvgIpc) is 3.04. The largest absolute Gasteiger partial charge is 0.390 e. The van der Waals surface area contributed by atoms with Gasteiger partial charge in [0.2, 0.25) is 0 Å². The highest BCUT2D eigenvalue weighted by Crippen LogP contribution is 2.21. The Balaban J connectivity index is 1.37. The Kier molecular flexibility index (Phi) is 5.47. The number of aliphatic hydroxyl groups excluding tert-OH is 1. The topological polar surface area (TPSA) is 61.7 Å². The Labute approximate surface area is 158 Å². The van der Waals surface area contributed by atoms with Gasteiger partial charge in [-0.25, -0.2) is 9.97 Å². The first-order valence-electron chi connectivity index (χ1n) is 8.98. The third-order valence-electron chi connectivity index (χ3n) is 5.06. The molecule has 26 heavy (non-hydrogen) atoms. The molecule has 0 unspecified atom stereocenters. The van der Waals surface area contributed by atoms with Gasteiger partial charge in [-0.2, -0.15) is 0 Å². The van der Waals surface area contributed by atoms with Gasteiger partial charge in [-0.1, -0.05) is 11.6 Å². The van der Waals surface area contributed by atoms with Crippen molar-refractivity contribution in [2.24, 2.45) is 0 Å². The number of morpholine rings is 1. The van der Waals surface area contributed by atoms with E-state index in [4.69, 9.17) is 16.3 Å². The van der Waals surface area contributed by atoms with Gasteiger partial charge in [-0.15, -0.1) is 0 Å². The zero-order chi connectivity index (χ0) is 17.9. The maximum atomic E-state index is 10.4. The molecule has 2 aliphatic rings. The van der Waals surface area contributed by atoms with Gasteiger partial charge in [0.1, 0.15) is 0 Å². The number of hydrogen-bond acceptors (Lipinski definition) is 6. The molecule has 1 aromatic heterocycles. The molecule has 2 fully saturated rings. The highest BCUT2D eigenvalue weighted by molar-refractivity contribution is 6.30. The summed E-state index contributed by atoms with van der Waals surface area (Å²) in [5, 5.41) is 11.1. The van der Waals surface area contributed by atoms with E-state index in [9.17, 15) is 5.11 Å². The predicted octanol–water partition coefficient (Wildman–Crippen LogP) is 1.67. The third kappa shape index (κ3) is 4.05. The van der Waals surface area contributed by atoms with Crippen LogP contribution in [0.15, 0.2) is 36.7 Å². The Bertz CT molecular complexity index is 719. The molecule has 2 aliphatic heterocycles. The second kappa shape index (κ2) is 7.98. The van der Waals surface area contributed by atoms with Crippen molar-refractivity contribution in [2.75, 3.05) is 39.4 Å². The first-order chi connectivity index (χ1) is 12.7. The van der Waals surface area contributed by atoms with Gasteiger partial charge in [0.25, 0.3) is 0 Å². The van der Waals surface area contributed by atoms with E-state index < -0.39 is 0 Å². The van der Waals surface area contributed by atoms with E-state index in [0.29, 0.717) is 17.4 Å². The number of nitrogens with zero attached hydrogens (tertiary/aromatic N) is 4. The molecule has 0 spiro atoms. The molecular formula is C19H23ClN4O2. The summed E-state index contributed by atoms with van der Waals surface area (Å²) < 4.78 is 5.41. The van der Waals surface area contributed by atoms with Crippen molar-refractivity contribution in [3.05, 3.63) is 47.2 Å². The molecule has 2 aromatic rings. The molecule has 0 bridgehead atoms. The lowest BCUT2D eigenvalue weighted by Crippen LogP contribution is -2.48. The smallest absolute Gasteiger partial charge is 0.159 e. The Morgan fingerprint density at radius 3 is 2.46 bits per heavy atom. The highest BCUT2D eigenvalue weighted by Gasteiger charge is 2.35. The minimum absolute atomic E-state index is 0.188. The number of benzene rings is 1. The van der Waals surface area contributed by atoms with Gasteiger partial charge in [0, 0.05) is 67.3 Å². The molecule has 1 N–H and O–H groups in total. The third-order valence-corrected chi connectivity index (χ3v) is 5.32. The van der Waals surface area contributed by atoms with Crippen LogP contribution in [0.2, 0.25) is 5.02 Å². The molecule has 3 heterocycles. The normalized spacial score (nSPS) is 24.8. The molecule has 6 nitrogen and oxygen atoms in total. The summed E-state index contributed by atoms with van der Waals surface area (Å²) >= 11 is 5.92. The lowest BCUT2D eigenvalue weighted by Gasteiger charge is -2.33. The lowest BCUT2D eigenvalue weighted by atomic mass is 10.1. The summed E-state index contributed by atoms with van der Waals surface area (Å²) in [6, 6.07) is 7.70. The van der Waals surface area contributed by atoms with Crippen molar-refractivity contribution in [3.8, 4) is 11.4 Å². The van der Waals surface area contributed by atoms with Crippen LogP contribution in [0.3, 0.4) is 0 Å². The Hall–Kier alpha value is -1.57. The quantitative estimate of drug-likeness (QED) is 0.878. The number of aliphatic hydroxyl groups is 1. The molecule has 2 atom stereocenters. The summed E-state index contributed by atoms with van der Waals surface area (Å²) in [7, 11) is 0. The van der Waals surface area contributed by atoms with E-state index in [1.54, 1.807) is 0 Å². The van der Waals surface area contributed by atoms with E-state index >= 15 is 0 Å². The first kappa shape index (κ1) is 17.8. The number of hydrogen-bond donors (Lipinski definition) is 1. The number of aromatic nitrogens is 2. The molecule has 4 rings (SSSR count). The molecule has 0 radical (unpaired) electrons. The van der Waals surface area contributed by atoms with Crippen LogP contribution in [0.5, 0.6) is 0 Å². The van der Waals surface area contributed by atoms with Crippen molar-refractivity contribution >= 4 is 11.6 Å². The predicted molar refractivity (Wildman–Crippen MR) is 99.9 cm³/mol. The van der Waals surface area contributed by atoms with E-state index in [2.05, 4.69) is 19.8 Å². The molecule has 7 heteroatoms. The van der Waals surface area contributed by atoms with E-state index in [1.165, 1.54) is 0 Å². The summed E-state index contributed by atoms with van der Waals surface area (Å²) in [6.45, 7) is 5.59. The SMILES string of the molecule is O[C@H]1CN(Cc2cnc(-c3ccc(Cl)cc3)nc2)C[C@@H]1N1CCOCC1. The zero-order valence-corrected chi connectivity index (χ0v) is 15.3. The molecule has 0 amide bonds. The van der Waals surface area contributed by atoms with Gasteiger partial charge < -0.3 is 9.84 Å². The van der Waals surface area contributed by atoms with Gasteiger partial charge in [-0.3, -0.25) is 9.80 Å². The zero-order valence-electron chi connectivity index (χ0n) is 14.6. The summed E-state index contributed by atoms with van der Waals surface area (Å²) in [5.41, 5.74) is 2.00. The number of likely N-dealkylation sites (tertiary alicyclic amines) is 1. The van der Waals surface area contributed by atoms with Crippen LogP contribution in [0.4, 0.5) is 0 Å². The van der Waals surface area contributed by atoms with Crippen LogP contribution in [0.25, 0.3) is 11.4 Å². The molecular weight excluding hydrogens is 352 g/mol. The van der Waals surface area contributed by atoms with Crippen molar-refractivity contribution in [1.82, 2.24) is 19.8 Å². The molecule has 1 aromatic carbocycles. The van der Waals surface area contributed by atoms with Gasteiger partial charge >= 0.3 is 0 Å². The Morgan fingerprint density at radius 1 is 1.08 bits per heavy atom. The monoisotopic (exact) mass is 374 g/mol. The van der Waals surface area contributed by atoms with Crippen LogP contribution in [-0.4, -0.2) is 76.4 Å². The van der Waals surface area contributed by atoms with Crippen LogP contribution in [0, 0.1) is 0 Å². The van der Waals surface area contributed by atoms with Gasteiger partial charge in [0.05, 0.1) is 19.3 Å². The van der Waals surface area contributed by atoms with E-state index in [0.717, 1.165) is 50.5 Å². The number of halogens is 1. The van der Waals surface area contributed by atoms with Crippen LogP contribution in [-0.2, 0) is 11.3 Å². The fourth-order valence-corrected chi connectivity index (χ4v) is 3.81. The second-order valence-corrected chi connectivity index (χ2v) is 7.34.